The van der Waals surface area contributed by atoms with Gasteiger partial charge in [-0.25, -0.2) is 4.98 Å². The molecule has 0 aliphatic rings. The molecule has 0 bridgehead atoms. The number of imidazole rings is 1. The van der Waals surface area contributed by atoms with Gasteiger partial charge in [-0.15, -0.1) is 0 Å². The molecule has 92 valence electrons. The van der Waals surface area contributed by atoms with E-state index in [9.17, 15) is 0 Å². The van der Waals surface area contributed by atoms with E-state index in [4.69, 9.17) is 5.26 Å². The summed E-state index contributed by atoms with van der Waals surface area (Å²) in [4.78, 5) is 4.56. The molecule has 0 saturated carbocycles. The molecule has 0 radical (unpaired) electrons. The molecule has 1 heterocycles. The van der Waals surface area contributed by atoms with Crippen molar-refractivity contribution in [1.29, 1.82) is 5.26 Å². The van der Waals surface area contributed by atoms with Crippen molar-refractivity contribution in [2.24, 2.45) is 7.05 Å². The fourth-order valence-electron chi connectivity index (χ4n) is 2.46. The summed E-state index contributed by atoms with van der Waals surface area (Å²) in [5.41, 5.74) is 5.72. The Balaban J connectivity index is 2.59. The Labute approximate surface area is 108 Å². The molecule has 0 saturated heterocycles. The largest absolute Gasteiger partial charge is 0.334 e. The van der Waals surface area contributed by atoms with Gasteiger partial charge in [0.05, 0.1) is 18.2 Å². The van der Waals surface area contributed by atoms with E-state index in [1.165, 1.54) is 22.3 Å². The van der Waals surface area contributed by atoms with Gasteiger partial charge in [-0.2, -0.15) is 5.26 Å². The van der Waals surface area contributed by atoms with Crippen LogP contribution in [-0.2, 0) is 13.5 Å². The lowest BCUT2D eigenvalue weighted by molar-refractivity contribution is 0.920. The van der Waals surface area contributed by atoms with Gasteiger partial charge in [0.15, 0.2) is 0 Å². The monoisotopic (exact) mass is 239 g/mol. The number of hydrogen-bond acceptors (Lipinski definition) is 2. The highest BCUT2D eigenvalue weighted by Crippen LogP contribution is 2.27. The van der Waals surface area contributed by atoms with Gasteiger partial charge < -0.3 is 4.57 Å². The van der Waals surface area contributed by atoms with Crippen LogP contribution in [0, 0.1) is 32.1 Å². The SMILES string of the molecule is Cc1cc(C)c(-c2nc(CC#N)cn2C)c(C)c1. The Kier molecular flexibility index (Phi) is 3.20. The minimum Gasteiger partial charge on any atom is -0.334 e. The number of aryl methyl sites for hydroxylation is 4. The Hall–Kier alpha value is -2.08. The first-order valence-electron chi connectivity index (χ1n) is 6.00. The van der Waals surface area contributed by atoms with Crippen molar-refractivity contribution >= 4 is 0 Å². The maximum atomic E-state index is 8.74. The molecule has 0 amide bonds. The summed E-state index contributed by atoms with van der Waals surface area (Å²) >= 11 is 0. The van der Waals surface area contributed by atoms with Crippen molar-refractivity contribution in [1.82, 2.24) is 9.55 Å². The van der Waals surface area contributed by atoms with Gasteiger partial charge in [0.1, 0.15) is 5.82 Å². The van der Waals surface area contributed by atoms with Crippen LogP contribution in [0.4, 0.5) is 0 Å². The zero-order chi connectivity index (χ0) is 13.3. The van der Waals surface area contributed by atoms with E-state index in [2.05, 4.69) is 44.0 Å². The van der Waals surface area contributed by atoms with Crippen LogP contribution >= 0.6 is 0 Å². The summed E-state index contributed by atoms with van der Waals surface area (Å²) in [6.45, 7) is 6.31. The van der Waals surface area contributed by atoms with Crippen LogP contribution in [0.5, 0.6) is 0 Å². The summed E-state index contributed by atoms with van der Waals surface area (Å²) in [7, 11) is 1.97. The van der Waals surface area contributed by atoms with Crippen molar-refractivity contribution in [3.05, 3.63) is 40.7 Å². The average molecular weight is 239 g/mol. The van der Waals surface area contributed by atoms with Gasteiger partial charge in [0.25, 0.3) is 0 Å². The Morgan fingerprint density at radius 3 is 2.39 bits per heavy atom. The van der Waals surface area contributed by atoms with Crippen LogP contribution in [-0.4, -0.2) is 9.55 Å². The second-order valence-corrected chi connectivity index (χ2v) is 4.78. The van der Waals surface area contributed by atoms with E-state index in [1.54, 1.807) is 0 Å². The fraction of sp³-hybridized carbons (Fsp3) is 0.333. The molecule has 3 heteroatoms. The van der Waals surface area contributed by atoms with E-state index in [0.29, 0.717) is 6.42 Å². The lowest BCUT2D eigenvalue weighted by Crippen LogP contribution is -1.97. The van der Waals surface area contributed by atoms with Crippen molar-refractivity contribution in [2.45, 2.75) is 27.2 Å². The first-order valence-corrected chi connectivity index (χ1v) is 6.00. The lowest BCUT2D eigenvalue weighted by Gasteiger charge is -2.10. The molecule has 0 aliphatic heterocycles. The standard InChI is InChI=1S/C15H17N3/c1-10-7-11(2)14(12(3)8-10)15-17-13(5-6-16)9-18(15)4/h7-9H,5H2,1-4H3. The Bertz CT molecular complexity index is 607. The summed E-state index contributed by atoms with van der Waals surface area (Å²) in [6, 6.07) is 6.47. The molecular weight excluding hydrogens is 222 g/mol. The number of rotatable bonds is 2. The number of nitriles is 1. The Morgan fingerprint density at radius 1 is 1.22 bits per heavy atom. The molecule has 0 spiro atoms. The normalized spacial score (nSPS) is 10.4. The minimum atomic E-state index is 0.359. The number of hydrogen-bond donors (Lipinski definition) is 0. The van der Waals surface area contributed by atoms with Crippen molar-refractivity contribution < 1.29 is 0 Å². The first-order chi connectivity index (χ1) is 8.52. The van der Waals surface area contributed by atoms with Crippen molar-refractivity contribution in [3.63, 3.8) is 0 Å². The predicted molar refractivity (Wildman–Crippen MR) is 72.2 cm³/mol. The third kappa shape index (κ3) is 2.14. The van der Waals surface area contributed by atoms with E-state index in [-0.39, 0.29) is 0 Å². The van der Waals surface area contributed by atoms with Gasteiger partial charge in [-0.05, 0) is 31.9 Å². The number of aromatic nitrogens is 2. The molecule has 18 heavy (non-hydrogen) atoms. The van der Waals surface area contributed by atoms with Crippen molar-refractivity contribution in [3.8, 4) is 17.5 Å². The van der Waals surface area contributed by atoms with Gasteiger partial charge in [0, 0.05) is 18.8 Å². The van der Waals surface area contributed by atoms with Crippen LogP contribution in [0.15, 0.2) is 18.3 Å². The quantitative estimate of drug-likeness (QED) is 0.808. The molecule has 2 rings (SSSR count). The van der Waals surface area contributed by atoms with Crippen LogP contribution < -0.4 is 0 Å². The zero-order valence-electron chi connectivity index (χ0n) is 11.3. The lowest BCUT2D eigenvalue weighted by atomic mass is 9.99. The third-order valence-corrected chi connectivity index (χ3v) is 3.09. The second-order valence-electron chi connectivity index (χ2n) is 4.78. The summed E-state index contributed by atoms with van der Waals surface area (Å²) in [5, 5.41) is 8.74. The highest BCUT2D eigenvalue weighted by molar-refractivity contribution is 5.66. The van der Waals surface area contributed by atoms with E-state index in [0.717, 1.165) is 11.5 Å². The average Bonchev–Trinajstić information content (AvgIpc) is 2.59. The van der Waals surface area contributed by atoms with Gasteiger partial charge in [0.2, 0.25) is 0 Å². The highest BCUT2D eigenvalue weighted by Gasteiger charge is 2.12. The van der Waals surface area contributed by atoms with Crippen LogP contribution in [0.3, 0.4) is 0 Å². The minimum absolute atomic E-state index is 0.359. The third-order valence-electron chi connectivity index (χ3n) is 3.09. The number of nitrogens with zero attached hydrogens (tertiary/aromatic N) is 3. The molecule has 1 aromatic carbocycles. The molecule has 0 fully saturated rings. The van der Waals surface area contributed by atoms with E-state index in [1.807, 2.05) is 17.8 Å². The smallest absolute Gasteiger partial charge is 0.140 e. The summed E-state index contributed by atoms with van der Waals surface area (Å²) in [6.07, 6.45) is 2.29. The maximum Gasteiger partial charge on any atom is 0.140 e. The molecule has 3 nitrogen and oxygen atoms in total. The summed E-state index contributed by atoms with van der Waals surface area (Å²) in [5.74, 6) is 0.940. The molecular formula is C15H17N3. The Morgan fingerprint density at radius 2 is 1.83 bits per heavy atom. The van der Waals surface area contributed by atoms with Gasteiger partial charge in [-0.1, -0.05) is 17.7 Å². The summed E-state index contributed by atoms with van der Waals surface area (Å²) < 4.78 is 2.00. The molecule has 0 unspecified atom stereocenters. The molecule has 0 atom stereocenters. The number of benzene rings is 1. The van der Waals surface area contributed by atoms with E-state index < -0.39 is 0 Å². The predicted octanol–water partition coefficient (Wildman–Crippen LogP) is 3.08. The fourth-order valence-corrected chi connectivity index (χ4v) is 2.46. The maximum absolute atomic E-state index is 8.74. The van der Waals surface area contributed by atoms with Crippen LogP contribution in [0.1, 0.15) is 22.4 Å². The molecule has 0 aliphatic carbocycles. The first kappa shape index (κ1) is 12.4. The second kappa shape index (κ2) is 4.66. The van der Waals surface area contributed by atoms with Crippen LogP contribution in [0.2, 0.25) is 0 Å². The zero-order valence-corrected chi connectivity index (χ0v) is 11.3. The van der Waals surface area contributed by atoms with Crippen molar-refractivity contribution in [2.75, 3.05) is 0 Å². The molecule has 1 aromatic heterocycles. The molecule has 0 N–H and O–H groups in total. The highest BCUT2D eigenvalue weighted by atomic mass is 15.0. The van der Waals surface area contributed by atoms with Gasteiger partial charge in [-0.3, -0.25) is 0 Å². The topological polar surface area (TPSA) is 41.6 Å². The van der Waals surface area contributed by atoms with Gasteiger partial charge >= 0.3 is 0 Å². The molecule has 2 aromatic rings. The van der Waals surface area contributed by atoms with E-state index >= 15 is 0 Å². The van der Waals surface area contributed by atoms with Crippen LogP contribution in [0.25, 0.3) is 11.4 Å².